The number of carbonyl (C=O) groups is 2. The van der Waals surface area contributed by atoms with Crippen LogP contribution in [-0.4, -0.2) is 35.1 Å². The number of nitrogens with zero attached hydrogens (tertiary/aromatic N) is 1. The van der Waals surface area contributed by atoms with Gasteiger partial charge in [-0.15, -0.1) is 0 Å². The van der Waals surface area contributed by atoms with E-state index in [1.807, 2.05) is 0 Å². The van der Waals surface area contributed by atoms with Crippen molar-refractivity contribution in [3.8, 4) is 0 Å². The van der Waals surface area contributed by atoms with Crippen LogP contribution in [0.4, 0.5) is 9.18 Å². The maximum atomic E-state index is 13.3. The van der Waals surface area contributed by atoms with E-state index in [2.05, 4.69) is 5.32 Å². The largest absolute Gasteiger partial charge is 0.480 e. The molecule has 1 aromatic carbocycles. The monoisotopic (exact) mass is 268 g/mol. The highest BCUT2D eigenvalue weighted by molar-refractivity contribution is 5.82. The molecule has 0 saturated carbocycles. The summed E-state index contributed by atoms with van der Waals surface area (Å²) >= 11 is 0. The first-order chi connectivity index (χ1) is 8.97. The topological polar surface area (TPSA) is 69.6 Å². The molecule has 0 heterocycles. The first kappa shape index (κ1) is 14.9. The van der Waals surface area contributed by atoms with E-state index in [0.29, 0.717) is 12.0 Å². The maximum Gasteiger partial charge on any atom is 0.326 e. The molecule has 1 aromatic rings. The van der Waals surface area contributed by atoms with E-state index < -0.39 is 23.9 Å². The molecule has 0 saturated heterocycles. The molecule has 0 aromatic heterocycles. The Morgan fingerprint density at radius 2 is 2.05 bits per heavy atom. The summed E-state index contributed by atoms with van der Waals surface area (Å²) in [5, 5.41) is 11.4. The van der Waals surface area contributed by atoms with Crippen LogP contribution >= 0.6 is 0 Å². The summed E-state index contributed by atoms with van der Waals surface area (Å²) in [5.74, 6) is -1.47. The standard InChI is InChI=1S/C13H17FN2O3/c1-3-11(12(17)18)16(2)13(19)15-8-9-6-4-5-7-10(9)14/h4-7,11H,3,8H2,1-2H3,(H,15,19)(H,17,18). The number of carboxylic acids is 1. The van der Waals surface area contributed by atoms with Crippen molar-refractivity contribution in [1.29, 1.82) is 0 Å². The van der Waals surface area contributed by atoms with Gasteiger partial charge in [-0.25, -0.2) is 14.0 Å². The van der Waals surface area contributed by atoms with Gasteiger partial charge in [0, 0.05) is 19.2 Å². The Balaban J connectivity index is 2.60. The Morgan fingerprint density at radius 3 is 2.58 bits per heavy atom. The minimum absolute atomic E-state index is 0.0197. The van der Waals surface area contributed by atoms with Crippen LogP contribution in [0.25, 0.3) is 0 Å². The Hall–Kier alpha value is -2.11. The first-order valence-electron chi connectivity index (χ1n) is 5.94. The Labute approximate surface area is 111 Å². The predicted octanol–water partition coefficient (Wildman–Crippen LogP) is 1.83. The Kier molecular flexibility index (Phi) is 5.29. The second kappa shape index (κ2) is 6.72. The van der Waals surface area contributed by atoms with Crippen LogP contribution in [0.3, 0.4) is 0 Å². The zero-order valence-electron chi connectivity index (χ0n) is 10.9. The number of carbonyl (C=O) groups excluding carboxylic acids is 1. The summed E-state index contributed by atoms with van der Waals surface area (Å²) in [6, 6.07) is 4.66. The summed E-state index contributed by atoms with van der Waals surface area (Å²) in [6.07, 6.45) is 0.305. The summed E-state index contributed by atoms with van der Waals surface area (Å²) in [6.45, 7) is 1.70. The molecule has 1 rings (SSSR count). The van der Waals surface area contributed by atoms with Gasteiger partial charge in [0.2, 0.25) is 0 Å². The smallest absolute Gasteiger partial charge is 0.326 e. The number of hydrogen-bond donors (Lipinski definition) is 2. The van der Waals surface area contributed by atoms with Gasteiger partial charge in [0.25, 0.3) is 0 Å². The number of halogens is 1. The molecule has 1 unspecified atom stereocenters. The summed E-state index contributed by atoms with van der Waals surface area (Å²) in [4.78, 5) is 23.8. The van der Waals surface area contributed by atoms with E-state index >= 15 is 0 Å². The maximum absolute atomic E-state index is 13.3. The van der Waals surface area contributed by atoms with Gasteiger partial charge in [0.1, 0.15) is 11.9 Å². The molecule has 1 atom stereocenters. The first-order valence-corrected chi connectivity index (χ1v) is 5.94. The molecule has 2 N–H and O–H groups in total. The van der Waals surface area contributed by atoms with Gasteiger partial charge in [-0.2, -0.15) is 0 Å². The molecule has 5 nitrogen and oxygen atoms in total. The van der Waals surface area contributed by atoms with Crippen molar-refractivity contribution < 1.29 is 19.1 Å². The summed E-state index contributed by atoms with van der Waals surface area (Å²) in [7, 11) is 1.40. The fraction of sp³-hybridized carbons (Fsp3) is 0.385. The zero-order chi connectivity index (χ0) is 14.4. The van der Waals surface area contributed by atoms with Crippen molar-refractivity contribution >= 4 is 12.0 Å². The SMILES string of the molecule is CCC(C(=O)O)N(C)C(=O)NCc1ccccc1F. The molecule has 19 heavy (non-hydrogen) atoms. The quantitative estimate of drug-likeness (QED) is 0.856. The lowest BCUT2D eigenvalue weighted by atomic mass is 10.2. The average molecular weight is 268 g/mol. The number of urea groups is 1. The number of nitrogens with one attached hydrogen (secondary N) is 1. The van der Waals surface area contributed by atoms with Crippen LogP contribution in [0.1, 0.15) is 18.9 Å². The number of benzene rings is 1. The van der Waals surface area contributed by atoms with E-state index in [1.54, 1.807) is 25.1 Å². The number of rotatable bonds is 5. The molecule has 0 spiro atoms. The number of hydrogen-bond acceptors (Lipinski definition) is 2. The van der Waals surface area contributed by atoms with Crippen molar-refractivity contribution in [3.05, 3.63) is 35.6 Å². The van der Waals surface area contributed by atoms with E-state index in [0.717, 1.165) is 4.90 Å². The van der Waals surface area contributed by atoms with E-state index in [4.69, 9.17) is 5.11 Å². The number of amides is 2. The lowest BCUT2D eigenvalue weighted by molar-refractivity contribution is -0.141. The highest BCUT2D eigenvalue weighted by atomic mass is 19.1. The average Bonchev–Trinajstić information content (AvgIpc) is 2.37. The molecule has 6 heteroatoms. The second-order valence-electron chi connectivity index (χ2n) is 4.12. The van der Waals surface area contributed by atoms with Gasteiger partial charge in [0.05, 0.1) is 0 Å². The zero-order valence-corrected chi connectivity index (χ0v) is 10.9. The molecular weight excluding hydrogens is 251 g/mol. The van der Waals surface area contributed by atoms with Crippen LogP contribution in [0.5, 0.6) is 0 Å². The van der Waals surface area contributed by atoms with Gasteiger partial charge in [-0.1, -0.05) is 25.1 Å². The van der Waals surface area contributed by atoms with Crippen molar-refractivity contribution in [2.24, 2.45) is 0 Å². The minimum atomic E-state index is -1.06. The fourth-order valence-electron chi connectivity index (χ4n) is 1.69. The normalized spacial score (nSPS) is 11.7. The summed E-state index contributed by atoms with van der Waals surface area (Å²) < 4.78 is 13.3. The molecule has 0 fully saturated rings. The lowest BCUT2D eigenvalue weighted by Crippen LogP contribution is -2.46. The van der Waals surface area contributed by atoms with Gasteiger partial charge in [-0.3, -0.25) is 0 Å². The van der Waals surface area contributed by atoms with Gasteiger partial charge >= 0.3 is 12.0 Å². The molecule has 0 aliphatic rings. The fourth-order valence-corrected chi connectivity index (χ4v) is 1.69. The molecule has 104 valence electrons. The minimum Gasteiger partial charge on any atom is -0.480 e. The third-order valence-electron chi connectivity index (χ3n) is 2.85. The predicted molar refractivity (Wildman–Crippen MR) is 68.1 cm³/mol. The van der Waals surface area contributed by atoms with Crippen LogP contribution in [0.2, 0.25) is 0 Å². The molecule has 2 amide bonds. The lowest BCUT2D eigenvalue weighted by Gasteiger charge is -2.24. The molecule has 0 aliphatic carbocycles. The van der Waals surface area contributed by atoms with Crippen molar-refractivity contribution in [2.75, 3.05) is 7.05 Å². The third-order valence-corrected chi connectivity index (χ3v) is 2.85. The molecule has 0 aliphatic heterocycles. The van der Waals surface area contributed by atoms with Gasteiger partial charge in [-0.05, 0) is 12.5 Å². The van der Waals surface area contributed by atoms with Crippen LogP contribution < -0.4 is 5.32 Å². The highest BCUT2D eigenvalue weighted by Crippen LogP contribution is 2.07. The molecule has 0 radical (unpaired) electrons. The van der Waals surface area contributed by atoms with Crippen LogP contribution in [0.15, 0.2) is 24.3 Å². The van der Waals surface area contributed by atoms with Crippen LogP contribution in [0, 0.1) is 5.82 Å². The molecular formula is C13H17FN2O3. The van der Waals surface area contributed by atoms with E-state index in [-0.39, 0.29) is 6.54 Å². The van der Waals surface area contributed by atoms with Crippen molar-refractivity contribution in [3.63, 3.8) is 0 Å². The number of aliphatic carboxylic acids is 1. The Bertz CT molecular complexity index is 465. The van der Waals surface area contributed by atoms with Gasteiger partial charge < -0.3 is 15.3 Å². The van der Waals surface area contributed by atoms with E-state index in [1.165, 1.54) is 13.1 Å². The number of likely N-dealkylation sites (N-methyl/N-ethyl adjacent to an activating group) is 1. The van der Waals surface area contributed by atoms with Crippen molar-refractivity contribution in [2.45, 2.75) is 25.9 Å². The molecule has 0 bridgehead atoms. The van der Waals surface area contributed by atoms with Crippen molar-refractivity contribution in [1.82, 2.24) is 10.2 Å². The number of carboxylic acid groups (broad SMARTS) is 1. The third kappa shape index (κ3) is 3.94. The highest BCUT2D eigenvalue weighted by Gasteiger charge is 2.24. The summed E-state index contributed by atoms with van der Waals surface area (Å²) in [5.41, 5.74) is 0.354. The second-order valence-corrected chi connectivity index (χ2v) is 4.12. The van der Waals surface area contributed by atoms with E-state index in [9.17, 15) is 14.0 Å². The van der Waals surface area contributed by atoms with Gasteiger partial charge in [0.15, 0.2) is 0 Å². The Morgan fingerprint density at radius 1 is 1.42 bits per heavy atom. The van der Waals surface area contributed by atoms with Crippen LogP contribution in [-0.2, 0) is 11.3 Å².